The summed E-state index contributed by atoms with van der Waals surface area (Å²) < 4.78 is 5.72. The van der Waals surface area contributed by atoms with E-state index in [0.717, 1.165) is 19.4 Å². The molecule has 0 aromatic rings. The molecule has 1 aliphatic rings. The molecular weight excluding hydrogens is 138 g/mol. The first-order valence-corrected chi connectivity index (χ1v) is 4.44. The normalized spacial score (nSPS) is 39.5. The van der Waals surface area contributed by atoms with Gasteiger partial charge in [0.15, 0.2) is 0 Å². The van der Waals surface area contributed by atoms with Crippen LogP contribution in [0, 0.1) is 5.92 Å². The molecule has 1 saturated heterocycles. The number of ether oxygens (including phenoxy) is 1. The van der Waals surface area contributed by atoms with E-state index in [0.29, 0.717) is 12.0 Å². The van der Waals surface area contributed by atoms with Gasteiger partial charge in [0.2, 0.25) is 0 Å². The van der Waals surface area contributed by atoms with E-state index in [-0.39, 0.29) is 5.60 Å². The first kappa shape index (κ1) is 9.01. The van der Waals surface area contributed by atoms with Gasteiger partial charge in [-0.25, -0.2) is 0 Å². The SMILES string of the molecule is CC(C)C1(C)CC(N)CCO1. The molecule has 11 heavy (non-hydrogen) atoms. The molecule has 2 N–H and O–H groups in total. The minimum absolute atomic E-state index is 0.0255. The fraction of sp³-hybridized carbons (Fsp3) is 1.00. The Morgan fingerprint density at radius 1 is 1.55 bits per heavy atom. The van der Waals surface area contributed by atoms with Crippen LogP contribution in [0.25, 0.3) is 0 Å². The minimum Gasteiger partial charge on any atom is -0.375 e. The Balaban J connectivity index is 2.55. The van der Waals surface area contributed by atoms with Crippen molar-refractivity contribution in [3.8, 4) is 0 Å². The van der Waals surface area contributed by atoms with Crippen LogP contribution in [-0.4, -0.2) is 18.2 Å². The van der Waals surface area contributed by atoms with Crippen LogP contribution in [0.3, 0.4) is 0 Å². The van der Waals surface area contributed by atoms with E-state index in [9.17, 15) is 0 Å². The summed E-state index contributed by atoms with van der Waals surface area (Å²) >= 11 is 0. The third-order valence-electron chi connectivity index (χ3n) is 2.81. The fourth-order valence-electron chi connectivity index (χ4n) is 1.53. The topological polar surface area (TPSA) is 35.2 Å². The Morgan fingerprint density at radius 2 is 2.18 bits per heavy atom. The van der Waals surface area contributed by atoms with Gasteiger partial charge in [0.25, 0.3) is 0 Å². The summed E-state index contributed by atoms with van der Waals surface area (Å²) in [5, 5.41) is 0. The third kappa shape index (κ3) is 1.94. The molecule has 0 aromatic carbocycles. The zero-order valence-electron chi connectivity index (χ0n) is 7.76. The fourth-order valence-corrected chi connectivity index (χ4v) is 1.53. The van der Waals surface area contributed by atoms with Gasteiger partial charge in [0.1, 0.15) is 0 Å². The van der Waals surface area contributed by atoms with Crippen molar-refractivity contribution in [2.45, 2.75) is 45.3 Å². The van der Waals surface area contributed by atoms with Crippen molar-refractivity contribution >= 4 is 0 Å². The Bertz CT molecular complexity index is 136. The molecule has 2 atom stereocenters. The molecule has 1 fully saturated rings. The zero-order valence-corrected chi connectivity index (χ0v) is 7.76. The lowest BCUT2D eigenvalue weighted by atomic mass is 9.83. The quantitative estimate of drug-likeness (QED) is 0.626. The van der Waals surface area contributed by atoms with Crippen LogP contribution < -0.4 is 5.73 Å². The van der Waals surface area contributed by atoms with Gasteiger partial charge in [-0.05, 0) is 25.7 Å². The average Bonchev–Trinajstić information content (AvgIpc) is 1.86. The van der Waals surface area contributed by atoms with Gasteiger partial charge in [-0.3, -0.25) is 0 Å². The van der Waals surface area contributed by atoms with E-state index >= 15 is 0 Å². The van der Waals surface area contributed by atoms with Crippen LogP contribution in [0.2, 0.25) is 0 Å². The highest BCUT2D eigenvalue weighted by Gasteiger charge is 2.34. The molecule has 0 aromatic heterocycles. The second kappa shape index (κ2) is 3.11. The molecule has 0 bridgehead atoms. The molecule has 0 amide bonds. The molecule has 66 valence electrons. The van der Waals surface area contributed by atoms with Gasteiger partial charge >= 0.3 is 0 Å². The smallest absolute Gasteiger partial charge is 0.0692 e. The van der Waals surface area contributed by atoms with Crippen molar-refractivity contribution in [2.24, 2.45) is 11.7 Å². The standard InChI is InChI=1S/C9H19NO/c1-7(2)9(3)6-8(10)4-5-11-9/h7-8H,4-6,10H2,1-3H3. The number of rotatable bonds is 1. The van der Waals surface area contributed by atoms with Crippen LogP contribution >= 0.6 is 0 Å². The largest absolute Gasteiger partial charge is 0.375 e. The number of nitrogens with two attached hydrogens (primary N) is 1. The van der Waals surface area contributed by atoms with Crippen LogP contribution in [0.1, 0.15) is 33.6 Å². The van der Waals surface area contributed by atoms with E-state index < -0.39 is 0 Å². The maximum atomic E-state index is 5.87. The summed E-state index contributed by atoms with van der Waals surface area (Å²) in [6, 6.07) is 0.344. The Kier molecular flexibility index (Phi) is 2.55. The molecule has 0 saturated carbocycles. The first-order chi connectivity index (χ1) is 5.04. The van der Waals surface area contributed by atoms with Crippen molar-refractivity contribution in [2.75, 3.05) is 6.61 Å². The van der Waals surface area contributed by atoms with Gasteiger partial charge in [0.05, 0.1) is 5.60 Å². The maximum Gasteiger partial charge on any atom is 0.0692 e. The summed E-state index contributed by atoms with van der Waals surface area (Å²) in [5.41, 5.74) is 5.89. The second-order valence-electron chi connectivity index (χ2n) is 4.07. The summed E-state index contributed by atoms with van der Waals surface area (Å²) in [5.74, 6) is 0.564. The van der Waals surface area contributed by atoms with Gasteiger partial charge in [-0.2, -0.15) is 0 Å². The van der Waals surface area contributed by atoms with E-state index in [2.05, 4.69) is 20.8 Å². The monoisotopic (exact) mass is 157 g/mol. The molecule has 1 rings (SSSR count). The van der Waals surface area contributed by atoms with Gasteiger partial charge < -0.3 is 10.5 Å². The van der Waals surface area contributed by atoms with Crippen molar-refractivity contribution in [3.63, 3.8) is 0 Å². The molecule has 0 spiro atoms. The van der Waals surface area contributed by atoms with Crippen LogP contribution in [0.15, 0.2) is 0 Å². The van der Waals surface area contributed by atoms with Gasteiger partial charge in [-0.15, -0.1) is 0 Å². The first-order valence-electron chi connectivity index (χ1n) is 4.44. The molecule has 2 unspecified atom stereocenters. The molecule has 1 aliphatic heterocycles. The summed E-state index contributed by atoms with van der Waals surface area (Å²) in [6.07, 6.45) is 2.02. The molecule has 0 aliphatic carbocycles. The lowest BCUT2D eigenvalue weighted by Crippen LogP contribution is -2.46. The number of hydrogen-bond acceptors (Lipinski definition) is 2. The lowest BCUT2D eigenvalue weighted by molar-refractivity contribution is -0.100. The minimum atomic E-state index is 0.0255. The Hall–Kier alpha value is -0.0800. The molecule has 2 nitrogen and oxygen atoms in total. The summed E-state index contributed by atoms with van der Waals surface area (Å²) in [7, 11) is 0. The van der Waals surface area contributed by atoms with Crippen LogP contribution in [0.4, 0.5) is 0 Å². The summed E-state index contributed by atoms with van der Waals surface area (Å²) in [4.78, 5) is 0. The van der Waals surface area contributed by atoms with Crippen molar-refractivity contribution in [1.82, 2.24) is 0 Å². The van der Waals surface area contributed by atoms with Crippen molar-refractivity contribution in [1.29, 1.82) is 0 Å². The van der Waals surface area contributed by atoms with E-state index in [1.807, 2.05) is 0 Å². The Morgan fingerprint density at radius 3 is 2.55 bits per heavy atom. The maximum absolute atomic E-state index is 5.87. The molecule has 2 heteroatoms. The van der Waals surface area contributed by atoms with Gasteiger partial charge in [-0.1, -0.05) is 13.8 Å². The predicted molar refractivity (Wildman–Crippen MR) is 46.4 cm³/mol. The van der Waals surface area contributed by atoms with E-state index in [1.54, 1.807) is 0 Å². The predicted octanol–water partition coefficient (Wildman–Crippen LogP) is 1.54. The molecular formula is C9H19NO. The Labute approximate surface area is 69.1 Å². The molecule has 1 heterocycles. The van der Waals surface area contributed by atoms with Crippen LogP contribution in [-0.2, 0) is 4.74 Å². The van der Waals surface area contributed by atoms with E-state index in [4.69, 9.17) is 10.5 Å². The zero-order chi connectivity index (χ0) is 8.48. The van der Waals surface area contributed by atoms with Crippen LogP contribution in [0.5, 0.6) is 0 Å². The molecule has 0 radical (unpaired) electrons. The average molecular weight is 157 g/mol. The number of hydrogen-bond donors (Lipinski definition) is 1. The van der Waals surface area contributed by atoms with Gasteiger partial charge in [0, 0.05) is 12.6 Å². The lowest BCUT2D eigenvalue weighted by Gasteiger charge is -2.40. The second-order valence-corrected chi connectivity index (χ2v) is 4.07. The van der Waals surface area contributed by atoms with Crippen molar-refractivity contribution < 1.29 is 4.74 Å². The van der Waals surface area contributed by atoms with E-state index in [1.165, 1.54) is 0 Å². The highest BCUT2D eigenvalue weighted by Crippen LogP contribution is 2.30. The highest BCUT2D eigenvalue weighted by atomic mass is 16.5. The third-order valence-corrected chi connectivity index (χ3v) is 2.81. The highest BCUT2D eigenvalue weighted by molar-refractivity contribution is 4.86. The summed E-state index contributed by atoms with van der Waals surface area (Å²) in [6.45, 7) is 7.38. The van der Waals surface area contributed by atoms with Crippen molar-refractivity contribution in [3.05, 3.63) is 0 Å².